The van der Waals surface area contributed by atoms with Crippen molar-refractivity contribution in [2.75, 3.05) is 5.73 Å². The van der Waals surface area contributed by atoms with E-state index in [9.17, 15) is 4.79 Å². The Balaban J connectivity index is 1.69. The van der Waals surface area contributed by atoms with E-state index in [1.54, 1.807) is 0 Å². The van der Waals surface area contributed by atoms with Crippen molar-refractivity contribution < 1.29 is 4.79 Å². The van der Waals surface area contributed by atoms with Gasteiger partial charge in [0.05, 0.1) is 5.52 Å². The van der Waals surface area contributed by atoms with Crippen LogP contribution in [0.2, 0.25) is 0 Å². The first kappa shape index (κ1) is 16.2. The number of fused-ring (bicyclic) bond motifs is 3. The first-order valence-corrected chi connectivity index (χ1v) is 8.63. The Kier molecular flexibility index (Phi) is 4.09. The number of nitrogens with two attached hydrogens (primary N) is 1. The molecule has 0 unspecified atom stereocenters. The summed E-state index contributed by atoms with van der Waals surface area (Å²) in [6, 6.07) is 16.0. The number of benzene rings is 2. The van der Waals surface area contributed by atoms with Crippen LogP contribution in [0.3, 0.4) is 0 Å². The third-order valence-corrected chi connectivity index (χ3v) is 4.81. The molecule has 4 nitrogen and oxygen atoms in total. The van der Waals surface area contributed by atoms with Crippen LogP contribution in [0.5, 0.6) is 0 Å². The molecule has 0 aliphatic rings. The van der Waals surface area contributed by atoms with Crippen molar-refractivity contribution in [3.63, 3.8) is 0 Å². The minimum Gasteiger partial charge on any atom is -0.382 e. The molecule has 0 saturated carbocycles. The Hall–Kier alpha value is -3.27. The lowest BCUT2D eigenvalue weighted by Gasteiger charge is -2.09. The molecule has 0 amide bonds. The van der Waals surface area contributed by atoms with Crippen molar-refractivity contribution in [1.29, 1.82) is 0 Å². The molecule has 0 bridgehead atoms. The molecule has 4 aromatic rings. The molecule has 0 saturated heterocycles. The van der Waals surface area contributed by atoms with Crippen LogP contribution >= 0.6 is 0 Å². The first-order chi connectivity index (χ1) is 12.7. The monoisotopic (exact) mass is 341 g/mol. The van der Waals surface area contributed by atoms with E-state index in [1.165, 1.54) is 5.56 Å². The maximum absolute atomic E-state index is 10.9. The highest BCUT2D eigenvalue weighted by atomic mass is 16.1. The fraction of sp³-hybridized carbons (Fsp3) is 0.136. The van der Waals surface area contributed by atoms with Gasteiger partial charge in [0.25, 0.3) is 0 Å². The largest absolute Gasteiger partial charge is 0.382 e. The molecular formula is C22H19N3O. The van der Waals surface area contributed by atoms with Crippen LogP contribution in [0.15, 0.2) is 54.7 Å². The number of carbonyl (C=O) groups excluding carboxylic acids is 1. The molecule has 128 valence electrons. The van der Waals surface area contributed by atoms with Crippen molar-refractivity contribution in [2.45, 2.75) is 19.8 Å². The average Bonchev–Trinajstić information content (AvgIpc) is 2.67. The predicted molar refractivity (Wildman–Crippen MR) is 105 cm³/mol. The highest BCUT2D eigenvalue weighted by Crippen LogP contribution is 2.27. The van der Waals surface area contributed by atoms with Crippen molar-refractivity contribution in [3.05, 3.63) is 77.0 Å². The number of anilines is 1. The van der Waals surface area contributed by atoms with E-state index in [4.69, 9.17) is 5.73 Å². The predicted octanol–water partition coefficient (Wildman–Crippen LogP) is 4.27. The Labute approximate surface area is 151 Å². The van der Waals surface area contributed by atoms with Gasteiger partial charge in [-0.3, -0.25) is 9.78 Å². The van der Waals surface area contributed by atoms with E-state index < -0.39 is 0 Å². The van der Waals surface area contributed by atoms with Crippen molar-refractivity contribution >= 4 is 33.9 Å². The first-order valence-electron chi connectivity index (χ1n) is 8.63. The van der Waals surface area contributed by atoms with Gasteiger partial charge in [0.15, 0.2) is 5.82 Å². The summed E-state index contributed by atoms with van der Waals surface area (Å²) in [6.07, 6.45) is 4.54. The summed E-state index contributed by atoms with van der Waals surface area (Å²) in [7, 11) is 0. The molecule has 2 aromatic carbocycles. The Morgan fingerprint density at radius 3 is 2.69 bits per heavy atom. The van der Waals surface area contributed by atoms with Crippen LogP contribution in [-0.4, -0.2) is 16.3 Å². The minimum atomic E-state index is 0.463. The molecule has 4 heteroatoms. The molecule has 0 aliphatic carbocycles. The lowest BCUT2D eigenvalue weighted by molar-refractivity contribution is 0.112. The topological polar surface area (TPSA) is 68.9 Å². The van der Waals surface area contributed by atoms with E-state index in [1.807, 2.05) is 49.5 Å². The molecule has 0 atom stereocenters. The molecule has 0 radical (unpaired) electrons. The number of rotatable bonds is 4. The maximum atomic E-state index is 10.9. The van der Waals surface area contributed by atoms with Crippen molar-refractivity contribution in [2.24, 2.45) is 0 Å². The summed E-state index contributed by atoms with van der Waals surface area (Å²) in [4.78, 5) is 19.9. The molecular weight excluding hydrogens is 322 g/mol. The second-order valence-electron chi connectivity index (χ2n) is 6.56. The molecule has 0 spiro atoms. The number of aromatic nitrogens is 2. The van der Waals surface area contributed by atoms with Gasteiger partial charge in [-0.1, -0.05) is 30.3 Å². The number of nitrogens with zero attached hydrogens (tertiary/aromatic N) is 2. The van der Waals surface area contributed by atoms with Crippen molar-refractivity contribution in [1.82, 2.24) is 9.97 Å². The van der Waals surface area contributed by atoms with Crippen LogP contribution in [-0.2, 0) is 12.8 Å². The van der Waals surface area contributed by atoms with E-state index in [0.717, 1.165) is 52.1 Å². The van der Waals surface area contributed by atoms with Gasteiger partial charge in [0.2, 0.25) is 0 Å². The lowest BCUT2D eigenvalue weighted by Crippen LogP contribution is -1.99. The number of hydrogen-bond acceptors (Lipinski definition) is 4. The standard InChI is InChI=1S/C22H19N3O/c1-14-10-16(13-26)7-9-17(14)8-6-15-11-19-18-4-2-3-5-20(18)25-22(23)21(19)24-12-15/h2-5,7,9-13H,6,8H2,1H3,(H2,23,25). The Morgan fingerprint density at radius 1 is 1.04 bits per heavy atom. The number of nitrogen functional groups attached to an aromatic ring is 1. The van der Waals surface area contributed by atoms with Crippen LogP contribution in [0.4, 0.5) is 5.82 Å². The number of para-hydroxylation sites is 1. The summed E-state index contributed by atoms with van der Waals surface area (Å²) in [6.45, 7) is 2.04. The average molecular weight is 341 g/mol. The van der Waals surface area contributed by atoms with Gasteiger partial charge in [-0.25, -0.2) is 4.98 Å². The number of aryl methyl sites for hydroxylation is 3. The fourth-order valence-corrected chi connectivity index (χ4v) is 3.39. The van der Waals surface area contributed by atoms with Crippen LogP contribution in [0, 0.1) is 6.92 Å². The van der Waals surface area contributed by atoms with Gasteiger partial charge in [0.1, 0.15) is 11.8 Å². The molecule has 2 aromatic heterocycles. The summed E-state index contributed by atoms with van der Waals surface area (Å²) < 4.78 is 0. The molecule has 2 heterocycles. The van der Waals surface area contributed by atoms with E-state index in [2.05, 4.69) is 22.1 Å². The second kappa shape index (κ2) is 6.56. The molecule has 0 aliphatic heterocycles. The fourth-order valence-electron chi connectivity index (χ4n) is 3.39. The smallest absolute Gasteiger partial charge is 0.150 e. The lowest BCUT2D eigenvalue weighted by atomic mass is 9.98. The Morgan fingerprint density at radius 2 is 1.88 bits per heavy atom. The highest BCUT2D eigenvalue weighted by molar-refractivity contribution is 6.08. The minimum absolute atomic E-state index is 0.463. The van der Waals surface area contributed by atoms with Gasteiger partial charge in [0, 0.05) is 22.5 Å². The van der Waals surface area contributed by atoms with Gasteiger partial charge in [-0.15, -0.1) is 0 Å². The number of pyridine rings is 2. The zero-order valence-electron chi connectivity index (χ0n) is 14.6. The van der Waals surface area contributed by atoms with Crippen LogP contribution in [0.1, 0.15) is 27.0 Å². The summed E-state index contributed by atoms with van der Waals surface area (Å²) in [5, 5.41) is 2.11. The van der Waals surface area contributed by atoms with Gasteiger partial charge in [-0.05, 0) is 54.7 Å². The number of carbonyl (C=O) groups is 1. The normalized spacial score (nSPS) is 11.1. The summed E-state index contributed by atoms with van der Waals surface area (Å²) in [5.74, 6) is 0.463. The third-order valence-electron chi connectivity index (χ3n) is 4.81. The quantitative estimate of drug-likeness (QED) is 0.444. The highest BCUT2D eigenvalue weighted by Gasteiger charge is 2.09. The third kappa shape index (κ3) is 2.90. The molecule has 2 N–H and O–H groups in total. The zero-order chi connectivity index (χ0) is 18.1. The van der Waals surface area contributed by atoms with E-state index in [0.29, 0.717) is 11.4 Å². The maximum Gasteiger partial charge on any atom is 0.150 e. The summed E-state index contributed by atoms with van der Waals surface area (Å²) >= 11 is 0. The van der Waals surface area contributed by atoms with Gasteiger partial charge >= 0.3 is 0 Å². The van der Waals surface area contributed by atoms with Gasteiger partial charge in [-0.2, -0.15) is 0 Å². The number of hydrogen-bond donors (Lipinski definition) is 1. The number of aldehydes is 1. The molecule has 4 rings (SSSR count). The van der Waals surface area contributed by atoms with Crippen LogP contribution < -0.4 is 5.73 Å². The zero-order valence-corrected chi connectivity index (χ0v) is 14.6. The molecule has 0 fully saturated rings. The van der Waals surface area contributed by atoms with Crippen molar-refractivity contribution in [3.8, 4) is 0 Å². The summed E-state index contributed by atoms with van der Waals surface area (Å²) in [5.41, 5.74) is 12.0. The van der Waals surface area contributed by atoms with Gasteiger partial charge < -0.3 is 5.73 Å². The van der Waals surface area contributed by atoms with E-state index in [-0.39, 0.29) is 0 Å². The van der Waals surface area contributed by atoms with E-state index >= 15 is 0 Å². The molecule has 26 heavy (non-hydrogen) atoms. The SMILES string of the molecule is Cc1cc(C=O)ccc1CCc1cnc2c(N)nc3ccccc3c2c1. The second-order valence-corrected chi connectivity index (χ2v) is 6.56. The van der Waals surface area contributed by atoms with Crippen LogP contribution in [0.25, 0.3) is 21.8 Å². The Bertz CT molecular complexity index is 1130.